The highest BCUT2D eigenvalue weighted by Crippen LogP contribution is 2.37. The van der Waals surface area contributed by atoms with Gasteiger partial charge in [0, 0.05) is 35.3 Å². The lowest BCUT2D eigenvalue weighted by Gasteiger charge is -2.14. The van der Waals surface area contributed by atoms with Crippen molar-refractivity contribution in [2.45, 2.75) is 0 Å². The zero-order chi connectivity index (χ0) is 18.6. The average Bonchev–Trinajstić information content (AvgIpc) is 2.74. The fourth-order valence-corrected chi connectivity index (χ4v) is 3.11. The maximum atomic E-state index is 12.9. The third-order valence-corrected chi connectivity index (χ3v) is 4.28. The van der Waals surface area contributed by atoms with Gasteiger partial charge >= 0.3 is 0 Å². The van der Waals surface area contributed by atoms with Crippen LogP contribution >= 0.6 is 0 Å². The highest BCUT2D eigenvalue weighted by molar-refractivity contribution is 5.93. The summed E-state index contributed by atoms with van der Waals surface area (Å²) in [6, 6.07) is 20.6. The van der Waals surface area contributed by atoms with E-state index in [0.29, 0.717) is 33.6 Å². The second kappa shape index (κ2) is 7.06. The molecule has 2 aromatic carbocycles. The molecule has 2 aromatic heterocycles. The number of aromatic amines is 1. The van der Waals surface area contributed by atoms with Gasteiger partial charge in [-0.2, -0.15) is 5.26 Å². The van der Waals surface area contributed by atoms with E-state index in [4.69, 9.17) is 0 Å². The molecular weight excluding hydrogens is 336 g/mol. The zero-order valence-corrected chi connectivity index (χ0v) is 14.3. The minimum atomic E-state index is -0.267. The van der Waals surface area contributed by atoms with Gasteiger partial charge in [0.05, 0.1) is 17.2 Å². The molecule has 0 amide bonds. The molecule has 0 saturated carbocycles. The van der Waals surface area contributed by atoms with Crippen molar-refractivity contribution >= 4 is 0 Å². The van der Waals surface area contributed by atoms with Crippen LogP contribution in [-0.2, 0) is 0 Å². The molecule has 0 aliphatic rings. The van der Waals surface area contributed by atoms with Crippen LogP contribution in [0.25, 0.3) is 33.6 Å². The van der Waals surface area contributed by atoms with Crippen LogP contribution in [0.5, 0.6) is 0 Å². The molecule has 4 rings (SSSR count). The van der Waals surface area contributed by atoms with Crippen LogP contribution in [-0.4, -0.2) is 15.0 Å². The average molecular weight is 350 g/mol. The predicted molar refractivity (Wildman–Crippen MR) is 104 cm³/mol. The number of nitrogens with one attached hydrogen (secondary N) is 1. The standard InChI is InChI=1S/C22H14N4O/c23-13-16-9-4-5-10-17(16)20-19(15-7-2-1-3-8-15)18(14-26-22(20)27)21-24-11-6-12-25-21/h1-12,14H,(H,26,27). The summed E-state index contributed by atoms with van der Waals surface area (Å²) >= 11 is 0. The molecule has 27 heavy (non-hydrogen) atoms. The summed E-state index contributed by atoms with van der Waals surface area (Å²) in [5.74, 6) is 0.503. The second-order valence-corrected chi connectivity index (χ2v) is 5.88. The molecular formula is C22H14N4O. The first-order chi connectivity index (χ1) is 13.3. The molecule has 0 aliphatic carbocycles. The first kappa shape index (κ1) is 16.4. The van der Waals surface area contributed by atoms with Crippen molar-refractivity contribution < 1.29 is 0 Å². The Morgan fingerprint density at radius 1 is 0.815 bits per heavy atom. The molecule has 0 saturated heterocycles. The first-order valence-corrected chi connectivity index (χ1v) is 8.37. The molecule has 4 aromatic rings. The van der Waals surface area contributed by atoms with Crippen LogP contribution in [0.3, 0.4) is 0 Å². The smallest absolute Gasteiger partial charge is 0.256 e. The number of H-pyrrole nitrogens is 1. The third-order valence-electron chi connectivity index (χ3n) is 4.28. The Morgan fingerprint density at radius 3 is 2.26 bits per heavy atom. The molecule has 0 radical (unpaired) electrons. The SMILES string of the molecule is N#Cc1ccccc1-c1c(-c2ccccc2)c(-c2ncccn2)c[nH]c1=O. The highest BCUT2D eigenvalue weighted by atomic mass is 16.1. The van der Waals surface area contributed by atoms with Gasteiger partial charge < -0.3 is 4.98 Å². The van der Waals surface area contributed by atoms with E-state index < -0.39 is 0 Å². The van der Waals surface area contributed by atoms with E-state index in [9.17, 15) is 10.1 Å². The highest BCUT2D eigenvalue weighted by Gasteiger charge is 2.20. The minimum Gasteiger partial charge on any atom is -0.328 e. The second-order valence-electron chi connectivity index (χ2n) is 5.88. The number of nitriles is 1. The first-order valence-electron chi connectivity index (χ1n) is 8.37. The van der Waals surface area contributed by atoms with E-state index in [1.54, 1.807) is 42.9 Å². The number of hydrogen-bond donors (Lipinski definition) is 1. The Hall–Kier alpha value is -4.04. The molecule has 2 heterocycles. The van der Waals surface area contributed by atoms with Crippen molar-refractivity contribution in [1.29, 1.82) is 5.26 Å². The lowest BCUT2D eigenvalue weighted by atomic mass is 9.90. The number of rotatable bonds is 3. The third kappa shape index (κ3) is 3.00. The van der Waals surface area contributed by atoms with E-state index in [1.807, 2.05) is 36.4 Å². The Labute approximate surface area is 155 Å². The van der Waals surface area contributed by atoms with Crippen molar-refractivity contribution in [1.82, 2.24) is 15.0 Å². The molecule has 0 fully saturated rings. The van der Waals surface area contributed by atoms with E-state index in [1.165, 1.54) is 0 Å². The summed E-state index contributed by atoms with van der Waals surface area (Å²) in [6.07, 6.45) is 4.94. The van der Waals surface area contributed by atoms with Gasteiger partial charge in [-0.1, -0.05) is 48.5 Å². The molecule has 0 aliphatic heterocycles. The van der Waals surface area contributed by atoms with Crippen LogP contribution in [0.4, 0.5) is 0 Å². The molecule has 5 nitrogen and oxygen atoms in total. The van der Waals surface area contributed by atoms with Gasteiger partial charge in [0.2, 0.25) is 0 Å². The van der Waals surface area contributed by atoms with Crippen LogP contribution in [0.1, 0.15) is 5.56 Å². The molecule has 0 bridgehead atoms. The van der Waals surface area contributed by atoms with Crippen LogP contribution in [0.15, 0.2) is 84.0 Å². The van der Waals surface area contributed by atoms with E-state index in [0.717, 1.165) is 5.56 Å². The number of nitrogens with zero attached hydrogens (tertiary/aromatic N) is 3. The van der Waals surface area contributed by atoms with Gasteiger partial charge in [-0.05, 0) is 17.7 Å². The Morgan fingerprint density at radius 2 is 1.52 bits per heavy atom. The molecule has 0 spiro atoms. The van der Waals surface area contributed by atoms with E-state index in [2.05, 4.69) is 21.0 Å². The number of pyridine rings is 1. The van der Waals surface area contributed by atoms with Gasteiger partial charge in [-0.15, -0.1) is 0 Å². The number of hydrogen-bond acceptors (Lipinski definition) is 4. The fourth-order valence-electron chi connectivity index (χ4n) is 3.11. The molecule has 128 valence electrons. The predicted octanol–water partition coefficient (Wildman–Crippen LogP) is 4.04. The van der Waals surface area contributed by atoms with Crippen molar-refractivity contribution in [2.24, 2.45) is 0 Å². The summed E-state index contributed by atoms with van der Waals surface area (Å²) < 4.78 is 0. The summed E-state index contributed by atoms with van der Waals surface area (Å²) in [4.78, 5) is 24.3. The minimum absolute atomic E-state index is 0.267. The number of aromatic nitrogens is 3. The van der Waals surface area contributed by atoms with Crippen molar-refractivity contribution in [2.75, 3.05) is 0 Å². The van der Waals surface area contributed by atoms with Gasteiger partial charge in [-0.25, -0.2) is 9.97 Å². The Kier molecular flexibility index (Phi) is 4.30. The summed E-state index contributed by atoms with van der Waals surface area (Å²) in [6.45, 7) is 0. The lowest BCUT2D eigenvalue weighted by molar-refractivity contribution is 1.15. The van der Waals surface area contributed by atoms with Gasteiger partial charge in [-0.3, -0.25) is 4.79 Å². The van der Waals surface area contributed by atoms with Gasteiger partial charge in [0.15, 0.2) is 5.82 Å². The largest absolute Gasteiger partial charge is 0.328 e. The molecule has 0 unspecified atom stereocenters. The van der Waals surface area contributed by atoms with Crippen LogP contribution < -0.4 is 5.56 Å². The zero-order valence-electron chi connectivity index (χ0n) is 14.3. The summed E-state index contributed by atoms with van der Waals surface area (Å²) in [7, 11) is 0. The summed E-state index contributed by atoms with van der Waals surface area (Å²) in [5.41, 5.74) is 3.44. The maximum Gasteiger partial charge on any atom is 0.256 e. The molecule has 0 atom stereocenters. The Bertz CT molecular complexity index is 1190. The van der Waals surface area contributed by atoms with Crippen molar-refractivity contribution in [3.05, 3.63) is 95.2 Å². The van der Waals surface area contributed by atoms with E-state index in [-0.39, 0.29) is 5.56 Å². The lowest BCUT2D eigenvalue weighted by Crippen LogP contribution is -2.12. The summed E-state index contributed by atoms with van der Waals surface area (Å²) in [5, 5.41) is 9.53. The Balaban J connectivity index is 2.13. The molecule has 5 heteroatoms. The topological polar surface area (TPSA) is 82.4 Å². The van der Waals surface area contributed by atoms with Gasteiger partial charge in [0.1, 0.15) is 0 Å². The van der Waals surface area contributed by atoms with Crippen LogP contribution in [0.2, 0.25) is 0 Å². The monoisotopic (exact) mass is 350 g/mol. The van der Waals surface area contributed by atoms with Crippen molar-refractivity contribution in [3.8, 4) is 39.7 Å². The molecule has 1 N–H and O–H groups in total. The maximum absolute atomic E-state index is 12.9. The number of benzene rings is 2. The fraction of sp³-hybridized carbons (Fsp3) is 0. The quantitative estimate of drug-likeness (QED) is 0.604. The van der Waals surface area contributed by atoms with Crippen molar-refractivity contribution in [3.63, 3.8) is 0 Å². The van der Waals surface area contributed by atoms with E-state index >= 15 is 0 Å². The van der Waals surface area contributed by atoms with Gasteiger partial charge in [0.25, 0.3) is 5.56 Å². The normalized spacial score (nSPS) is 10.3. The van der Waals surface area contributed by atoms with Crippen LogP contribution in [0, 0.1) is 11.3 Å².